The Morgan fingerprint density at radius 2 is 2.26 bits per heavy atom. The fourth-order valence-corrected chi connectivity index (χ4v) is 3.09. The number of nitrogens with one attached hydrogen (secondary N) is 1. The number of hydrogen-bond donors (Lipinski definition) is 2. The summed E-state index contributed by atoms with van der Waals surface area (Å²) in [7, 11) is 0. The molecule has 1 aromatic heterocycles. The topological polar surface area (TPSA) is 92.1 Å². The molecule has 1 aromatic carbocycles. The minimum Gasteiger partial charge on any atom is -0.366 e. The Morgan fingerprint density at radius 1 is 1.43 bits per heavy atom. The number of likely N-dealkylation sites (tertiary alicyclic amines) is 1. The van der Waals surface area contributed by atoms with Crippen molar-refractivity contribution in [1.82, 2.24) is 14.9 Å². The number of imidazole rings is 1. The van der Waals surface area contributed by atoms with Gasteiger partial charge in [0.05, 0.1) is 6.33 Å². The first-order valence-corrected chi connectivity index (χ1v) is 7.72. The first-order valence-electron chi connectivity index (χ1n) is 7.72. The highest BCUT2D eigenvalue weighted by Gasteiger charge is 2.28. The van der Waals surface area contributed by atoms with Gasteiger partial charge in [-0.1, -0.05) is 12.1 Å². The van der Waals surface area contributed by atoms with E-state index in [4.69, 9.17) is 5.73 Å². The van der Waals surface area contributed by atoms with Gasteiger partial charge in [0.2, 0.25) is 5.91 Å². The van der Waals surface area contributed by atoms with Crippen LogP contribution in [0.15, 0.2) is 30.6 Å². The highest BCUT2D eigenvalue weighted by atomic mass is 16.2. The zero-order chi connectivity index (χ0) is 16.4. The van der Waals surface area contributed by atoms with Gasteiger partial charge in [0.25, 0.3) is 5.91 Å². The van der Waals surface area contributed by atoms with E-state index in [0.29, 0.717) is 23.7 Å². The van der Waals surface area contributed by atoms with E-state index in [1.54, 1.807) is 12.4 Å². The number of carbonyl (C=O) groups is 2. The first-order chi connectivity index (χ1) is 11.0. The van der Waals surface area contributed by atoms with Crippen molar-refractivity contribution in [2.75, 3.05) is 13.1 Å². The van der Waals surface area contributed by atoms with Gasteiger partial charge in [-0.25, -0.2) is 4.98 Å². The molecule has 1 atom stereocenters. The molecule has 2 aromatic rings. The van der Waals surface area contributed by atoms with E-state index in [2.05, 4.69) is 9.97 Å². The summed E-state index contributed by atoms with van der Waals surface area (Å²) >= 11 is 0. The molecule has 3 N–H and O–H groups in total. The van der Waals surface area contributed by atoms with E-state index in [-0.39, 0.29) is 5.91 Å². The van der Waals surface area contributed by atoms with Crippen LogP contribution in [-0.2, 0) is 6.42 Å². The van der Waals surface area contributed by atoms with E-state index in [9.17, 15) is 9.59 Å². The molecule has 2 amide bonds. The van der Waals surface area contributed by atoms with Crippen molar-refractivity contribution in [3.05, 3.63) is 53.1 Å². The first kappa shape index (κ1) is 15.3. The average Bonchev–Trinajstić information content (AvgIpc) is 3.16. The van der Waals surface area contributed by atoms with Crippen molar-refractivity contribution in [2.24, 2.45) is 11.7 Å². The van der Waals surface area contributed by atoms with E-state index in [1.807, 2.05) is 30.0 Å². The van der Waals surface area contributed by atoms with Gasteiger partial charge in [-0.05, 0) is 43.4 Å². The smallest absolute Gasteiger partial charge is 0.274 e. The maximum absolute atomic E-state index is 12.5. The number of primary amides is 1. The minimum atomic E-state index is -0.413. The molecule has 0 saturated carbocycles. The number of aryl methyl sites for hydroxylation is 1. The molecule has 0 bridgehead atoms. The van der Waals surface area contributed by atoms with Crippen molar-refractivity contribution < 1.29 is 9.59 Å². The largest absolute Gasteiger partial charge is 0.366 e. The number of carbonyl (C=O) groups excluding carboxylic acids is 2. The van der Waals surface area contributed by atoms with Crippen LogP contribution in [0.3, 0.4) is 0 Å². The fraction of sp³-hybridized carbons (Fsp3) is 0.353. The molecule has 2 heterocycles. The lowest BCUT2D eigenvalue weighted by Gasteiger charge is -2.16. The monoisotopic (exact) mass is 312 g/mol. The number of nitrogens with zero attached hydrogens (tertiary/aromatic N) is 2. The standard InChI is InChI=1S/C17H20N4O2/c1-11-15(20-10-19-11)17(23)21-6-5-13(9-21)7-12-3-2-4-14(8-12)16(18)22/h2-4,8,10,13H,5-7,9H2,1H3,(H2,18,22)(H,19,20)/t13-/m1/s1. The molecule has 1 saturated heterocycles. The highest BCUT2D eigenvalue weighted by molar-refractivity contribution is 5.93. The summed E-state index contributed by atoms with van der Waals surface area (Å²) in [5.41, 5.74) is 8.23. The molecule has 1 aliphatic heterocycles. The van der Waals surface area contributed by atoms with Crippen molar-refractivity contribution in [3.8, 4) is 0 Å². The lowest BCUT2D eigenvalue weighted by molar-refractivity contribution is 0.0781. The number of aromatic nitrogens is 2. The predicted molar refractivity (Wildman–Crippen MR) is 86.0 cm³/mol. The molecular weight excluding hydrogens is 292 g/mol. The summed E-state index contributed by atoms with van der Waals surface area (Å²) in [6.45, 7) is 3.31. The molecule has 0 unspecified atom stereocenters. The molecule has 1 aliphatic rings. The van der Waals surface area contributed by atoms with Crippen molar-refractivity contribution >= 4 is 11.8 Å². The van der Waals surface area contributed by atoms with Crippen LogP contribution in [0.2, 0.25) is 0 Å². The Kier molecular flexibility index (Phi) is 4.14. The van der Waals surface area contributed by atoms with Crippen LogP contribution in [-0.4, -0.2) is 39.8 Å². The number of amides is 2. The number of aromatic amines is 1. The van der Waals surface area contributed by atoms with Gasteiger partial charge in [-0.3, -0.25) is 9.59 Å². The normalized spacial score (nSPS) is 17.4. The van der Waals surface area contributed by atoms with Crippen molar-refractivity contribution in [2.45, 2.75) is 19.8 Å². The fourth-order valence-electron chi connectivity index (χ4n) is 3.09. The molecule has 120 valence electrons. The third kappa shape index (κ3) is 3.26. The van der Waals surface area contributed by atoms with Gasteiger partial charge in [0, 0.05) is 24.3 Å². The molecule has 0 radical (unpaired) electrons. The predicted octanol–water partition coefficient (Wildman–Crippen LogP) is 1.52. The van der Waals surface area contributed by atoms with E-state index in [1.165, 1.54) is 0 Å². The third-order valence-electron chi connectivity index (χ3n) is 4.34. The molecule has 6 heteroatoms. The second-order valence-electron chi connectivity index (χ2n) is 6.05. The summed E-state index contributed by atoms with van der Waals surface area (Å²) in [5, 5.41) is 0. The summed E-state index contributed by atoms with van der Waals surface area (Å²) in [6, 6.07) is 7.40. The Hall–Kier alpha value is -2.63. The van der Waals surface area contributed by atoms with Crippen LogP contribution >= 0.6 is 0 Å². The molecular formula is C17H20N4O2. The maximum atomic E-state index is 12.5. The zero-order valence-corrected chi connectivity index (χ0v) is 13.1. The lowest BCUT2D eigenvalue weighted by Crippen LogP contribution is -2.29. The van der Waals surface area contributed by atoms with Gasteiger partial charge < -0.3 is 15.6 Å². The molecule has 3 rings (SSSR count). The highest BCUT2D eigenvalue weighted by Crippen LogP contribution is 2.23. The van der Waals surface area contributed by atoms with Gasteiger partial charge in [0.15, 0.2) is 0 Å². The number of benzene rings is 1. The maximum Gasteiger partial charge on any atom is 0.274 e. The van der Waals surface area contributed by atoms with Crippen molar-refractivity contribution in [1.29, 1.82) is 0 Å². The number of H-pyrrole nitrogens is 1. The van der Waals surface area contributed by atoms with Gasteiger partial charge in [0.1, 0.15) is 5.69 Å². The van der Waals surface area contributed by atoms with Gasteiger partial charge in [-0.2, -0.15) is 0 Å². The van der Waals surface area contributed by atoms with Crippen LogP contribution in [0.4, 0.5) is 0 Å². The number of nitrogens with two attached hydrogens (primary N) is 1. The summed E-state index contributed by atoms with van der Waals surface area (Å²) < 4.78 is 0. The third-order valence-corrected chi connectivity index (χ3v) is 4.34. The molecule has 0 spiro atoms. The number of hydrogen-bond acceptors (Lipinski definition) is 3. The minimum absolute atomic E-state index is 0.0165. The van der Waals surface area contributed by atoms with E-state index in [0.717, 1.165) is 30.6 Å². The molecule has 6 nitrogen and oxygen atoms in total. The van der Waals surface area contributed by atoms with Crippen LogP contribution in [0, 0.1) is 12.8 Å². The molecule has 1 fully saturated rings. The van der Waals surface area contributed by atoms with Gasteiger partial charge >= 0.3 is 0 Å². The zero-order valence-electron chi connectivity index (χ0n) is 13.1. The van der Waals surface area contributed by atoms with Crippen LogP contribution < -0.4 is 5.73 Å². The summed E-state index contributed by atoms with van der Waals surface area (Å²) in [5.74, 6) is -0.0393. The Labute approximate surface area is 134 Å². The lowest BCUT2D eigenvalue weighted by atomic mass is 9.97. The van der Waals surface area contributed by atoms with Crippen LogP contribution in [0.25, 0.3) is 0 Å². The second-order valence-corrected chi connectivity index (χ2v) is 6.05. The van der Waals surface area contributed by atoms with Crippen LogP contribution in [0.5, 0.6) is 0 Å². The van der Waals surface area contributed by atoms with E-state index >= 15 is 0 Å². The Morgan fingerprint density at radius 3 is 2.96 bits per heavy atom. The van der Waals surface area contributed by atoms with Gasteiger partial charge in [-0.15, -0.1) is 0 Å². The van der Waals surface area contributed by atoms with Crippen molar-refractivity contribution in [3.63, 3.8) is 0 Å². The van der Waals surface area contributed by atoms with Crippen LogP contribution in [0.1, 0.15) is 38.5 Å². The molecule has 23 heavy (non-hydrogen) atoms. The van der Waals surface area contributed by atoms with E-state index < -0.39 is 5.91 Å². The molecule has 0 aliphatic carbocycles. The SMILES string of the molecule is Cc1[nH]cnc1C(=O)N1CC[C@H](Cc2cccc(C(N)=O)c2)C1. The second kappa shape index (κ2) is 6.24. The summed E-state index contributed by atoms with van der Waals surface area (Å²) in [6.07, 6.45) is 3.34. The Balaban J connectivity index is 1.64. The average molecular weight is 312 g/mol. The number of rotatable bonds is 4. The summed E-state index contributed by atoms with van der Waals surface area (Å²) in [4.78, 5) is 32.6. The Bertz CT molecular complexity index is 738. The quantitative estimate of drug-likeness (QED) is 0.896.